The van der Waals surface area contributed by atoms with Gasteiger partial charge in [-0.05, 0) is 12.8 Å². The predicted octanol–water partition coefficient (Wildman–Crippen LogP) is 2.89. The van der Waals surface area contributed by atoms with Crippen molar-refractivity contribution in [2.45, 2.75) is 71.5 Å². The Morgan fingerprint density at radius 1 is 1.25 bits per heavy atom. The average Bonchev–Trinajstić information content (AvgIpc) is 2.37. The molecule has 6 nitrogen and oxygen atoms in total. The summed E-state index contributed by atoms with van der Waals surface area (Å²) >= 11 is 0. The molecule has 0 aliphatic rings. The number of primary amides is 1. The van der Waals surface area contributed by atoms with Gasteiger partial charge in [0.15, 0.2) is 0 Å². The van der Waals surface area contributed by atoms with E-state index < -0.39 is 17.9 Å². The van der Waals surface area contributed by atoms with Gasteiger partial charge in [0.2, 0.25) is 5.79 Å². The first-order chi connectivity index (χ1) is 9.39. The fourth-order valence-corrected chi connectivity index (χ4v) is 2.30. The lowest BCUT2D eigenvalue weighted by atomic mass is 9.88. The Hall–Kier alpha value is -1.30. The van der Waals surface area contributed by atoms with Gasteiger partial charge < -0.3 is 15.6 Å². The lowest BCUT2D eigenvalue weighted by Gasteiger charge is -2.34. The quantitative estimate of drug-likeness (QED) is 0.448. The second kappa shape index (κ2) is 9.58. The van der Waals surface area contributed by atoms with Crippen LogP contribution in [0.4, 0.5) is 9.59 Å². The molecule has 2 unspecified atom stereocenters. The van der Waals surface area contributed by atoms with E-state index in [0.717, 1.165) is 32.1 Å². The second-order valence-electron chi connectivity index (χ2n) is 5.03. The van der Waals surface area contributed by atoms with Crippen molar-refractivity contribution < 1.29 is 19.4 Å². The van der Waals surface area contributed by atoms with Crippen molar-refractivity contribution >= 4 is 12.1 Å². The van der Waals surface area contributed by atoms with E-state index >= 15 is 0 Å². The van der Waals surface area contributed by atoms with Gasteiger partial charge in [-0.15, -0.1) is 0 Å². The molecule has 0 bridgehead atoms. The highest BCUT2D eigenvalue weighted by Gasteiger charge is 2.37. The van der Waals surface area contributed by atoms with Crippen LogP contribution in [0.1, 0.15) is 65.7 Å². The van der Waals surface area contributed by atoms with Crippen LogP contribution in [0.15, 0.2) is 0 Å². The Morgan fingerprint density at radius 2 is 1.90 bits per heavy atom. The number of unbranched alkanes of at least 4 members (excludes halogenated alkanes) is 3. The number of rotatable bonds is 9. The van der Waals surface area contributed by atoms with Crippen LogP contribution in [0.2, 0.25) is 0 Å². The van der Waals surface area contributed by atoms with Crippen molar-refractivity contribution in [3.05, 3.63) is 0 Å². The minimum absolute atomic E-state index is 0.150. The fourth-order valence-electron chi connectivity index (χ4n) is 2.30. The molecule has 4 N–H and O–H groups in total. The highest BCUT2D eigenvalue weighted by molar-refractivity contribution is 5.89. The van der Waals surface area contributed by atoms with Gasteiger partial charge in [0, 0.05) is 12.3 Å². The van der Waals surface area contributed by atoms with Gasteiger partial charge in [-0.1, -0.05) is 46.5 Å². The summed E-state index contributed by atoms with van der Waals surface area (Å²) in [5.41, 5.74) is 4.84. The van der Waals surface area contributed by atoms with E-state index in [2.05, 4.69) is 6.92 Å². The van der Waals surface area contributed by atoms with E-state index in [1.165, 1.54) is 0 Å². The normalized spacial score (nSPS) is 15.2. The molecular weight excluding hydrogens is 260 g/mol. The van der Waals surface area contributed by atoms with Crippen LogP contribution in [-0.4, -0.2) is 23.0 Å². The first-order valence-electron chi connectivity index (χ1n) is 7.41. The topological polar surface area (TPSA) is 102 Å². The number of hydrogen-bond donors (Lipinski definition) is 3. The van der Waals surface area contributed by atoms with Crippen molar-refractivity contribution in [3.63, 3.8) is 0 Å². The molecule has 0 spiro atoms. The Labute approximate surface area is 121 Å². The van der Waals surface area contributed by atoms with Crippen molar-refractivity contribution in [2.24, 2.45) is 11.7 Å². The number of alkyl carbamates (subject to hydrolysis) is 1. The second-order valence-corrected chi connectivity index (χ2v) is 5.03. The zero-order valence-electron chi connectivity index (χ0n) is 12.8. The summed E-state index contributed by atoms with van der Waals surface area (Å²) in [5, 5.41) is 12.3. The molecule has 0 saturated carbocycles. The zero-order chi connectivity index (χ0) is 15.6. The fraction of sp³-hybridized carbons (Fsp3) is 0.857. The first kappa shape index (κ1) is 18.7. The molecule has 3 amide bonds. The number of amides is 3. The van der Waals surface area contributed by atoms with Gasteiger partial charge in [0.05, 0.1) is 0 Å². The monoisotopic (exact) mass is 288 g/mol. The standard InChI is InChI=1S/C14H28N2O4/c1-4-7-8-9-10-11(5-2)14(19,6-3)20-13(18)16-12(15)17/h11,19H,4-10H2,1-3H3,(H3,15,16,17,18). The van der Waals surface area contributed by atoms with Crippen LogP contribution in [-0.2, 0) is 4.74 Å². The van der Waals surface area contributed by atoms with Crippen LogP contribution in [0, 0.1) is 5.92 Å². The molecule has 0 aliphatic heterocycles. The molecule has 0 rings (SSSR count). The van der Waals surface area contributed by atoms with Crippen LogP contribution in [0.3, 0.4) is 0 Å². The molecule has 0 saturated heterocycles. The number of carbonyl (C=O) groups excluding carboxylic acids is 2. The molecule has 6 heteroatoms. The molecule has 0 radical (unpaired) electrons. The van der Waals surface area contributed by atoms with Crippen molar-refractivity contribution in [2.75, 3.05) is 0 Å². The highest BCUT2D eigenvalue weighted by atomic mass is 16.7. The van der Waals surface area contributed by atoms with E-state index in [-0.39, 0.29) is 12.3 Å². The van der Waals surface area contributed by atoms with E-state index in [4.69, 9.17) is 10.5 Å². The third-order valence-electron chi connectivity index (χ3n) is 3.54. The molecule has 0 aliphatic carbocycles. The minimum Gasteiger partial charge on any atom is -0.417 e. The highest BCUT2D eigenvalue weighted by Crippen LogP contribution is 2.30. The average molecular weight is 288 g/mol. The number of ether oxygens (including phenoxy) is 1. The summed E-state index contributed by atoms with van der Waals surface area (Å²) in [7, 11) is 0. The van der Waals surface area contributed by atoms with Gasteiger partial charge in [-0.3, -0.25) is 0 Å². The Morgan fingerprint density at radius 3 is 2.35 bits per heavy atom. The molecule has 0 aromatic carbocycles. The zero-order valence-corrected chi connectivity index (χ0v) is 12.8. The number of imide groups is 1. The van der Waals surface area contributed by atoms with Crippen LogP contribution >= 0.6 is 0 Å². The van der Waals surface area contributed by atoms with Crippen molar-refractivity contribution in [1.29, 1.82) is 0 Å². The maximum Gasteiger partial charge on any atom is 0.417 e. The Bertz CT molecular complexity index is 310. The molecule has 0 aromatic rings. The third-order valence-corrected chi connectivity index (χ3v) is 3.54. The summed E-state index contributed by atoms with van der Waals surface area (Å²) in [6.45, 7) is 5.82. The summed E-state index contributed by atoms with van der Waals surface area (Å²) in [4.78, 5) is 22.0. The molecular formula is C14H28N2O4. The lowest BCUT2D eigenvalue weighted by Crippen LogP contribution is -2.46. The maximum atomic E-state index is 11.4. The van der Waals surface area contributed by atoms with Crippen LogP contribution in [0.5, 0.6) is 0 Å². The number of nitrogens with one attached hydrogen (secondary N) is 1. The molecule has 0 aromatic heterocycles. The molecule has 20 heavy (non-hydrogen) atoms. The van der Waals surface area contributed by atoms with Crippen LogP contribution in [0.25, 0.3) is 0 Å². The molecule has 0 fully saturated rings. The van der Waals surface area contributed by atoms with E-state index in [9.17, 15) is 14.7 Å². The summed E-state index contributed by atoms with van der Waals surface area (Å²) in [5.74, 6) is -1.71. The molecule has 118 valence electrons. The molecule has 0 heterocycles. The van der Waals surface area contributed by atoms with Crippen molar-refractivity contribution in [3.8, 4) is 0 Å². The minimum atomic E-state index is -1.56. The van der Waals surface area contributed by atoms with Gasteiger partial charge in [0.1, 0.15) is 0 Å². The van der Waals surface area contributed by atoms with Gasteiger partial charge in [0.25, 0.3) is 0 Å². The van der Waals surface area contributed by atoms with Gasteiger partial charge in [-0.25, -0.2) is 14.9 Å². The largest absolute Gasteiger partial charge is 0.417 e. The smallest absolute Gasteiger partial charge is 0.417 e. The lowest BCUT2D eigenvalue weighted by molar-refractivity contribution is -0.202. The predicted molar refractivity (Wildman–Crippen MR) is 77.0 cm³/mol. The van der Waals surface area contributed by atoms with E-state index in [1.807, 2.05) is 6.92 Å². The van der Waals surface area contributed by atoms with E-state index in [0.29, 0.717) is 6.42 Å². The number of carbonyl (C=O) groups is 2. The first-order valence-corrected chi connectivity index (χ1v) is 7.41. The Kier molecular flexibility index (Phi) is 8.96. The van der Waals surface area contributed by atoms with E-state index in [1.54, 1.807) is 12.2 Å². The maximum absolute atomic E-state index is 11.4. The SMILES string of the molecule is CCCCCCC(CC)C(O)(CC)OC(=O)NC(N)=O. The number of nitrogens with two attached hydrogens (primary N) is 1. The summed E-state index contributed by atoms with van der Waals surface area (Å²) in [6, 6.07) is -0.996. The molecule has 2 atom stereocenters. The third kappa shape index (κ3) is 6.75. The van der Waals surface area contributed by atoms with Gasteiger partial charge >= 0.3 is 12.1 Å². The Balaban J connectivity index is 4.53. The number of urea groups is 1. The number of hydrogen-bond acceptors (Lipinski definition) is 4. The number of aliphatic hydroxyl groups is 1. The summed E-state index contributed by atoms with van der Waals surface area (Å²) < 4.78 is 5.01. The van der Waals surface area contributed by atoms with Gasteiger partial charge in [-0.2, -0.15) is 0 Å². The summed E-state index contributed by atoms with van der Waals surface area (Å²) in [6.07, 6.45) is 5.12. The van der Waals surface area contributed by atoms with Crippen molar-refractivity contribution in [1.82, 2.24) is 5.32 Å². The van der Waals surface area contributed by atoms with Crippen LogP contribution < -0.4 is 11.1 Å².